The molecule has 1 saturated carbocycles. The van der Waals surface area contributed by atoms with E-state index in [-0.39, 0.29) is 11.2 Å². The first kappa shape index (κ1) is 16.2. The summed E-state index contributed by atoms with van der Waals surface area (Å²) in [5, 5.41) is 3.59. The highest BCUT2D eigenvalue weighted by Crippen LogP contribution is 2.23. The first-order chi connectivity index (χ1) is 9.89. The minimum absolute atomic E-state index is 0.211. The normalized spacial score (nSPS) is 15.5. The van der Waals surface area contributed by atoms with E-state index in [0.29, 0.717) is 5.75 Å². The fraction of sp³-hybridized carbons (Fsp3) is 0.647. The average Bonchev–Trinajstić information content (AvgIpc) is 3.20. The van der Waals surface area contributed by atoms with Gasteiger partial charge in [0.05, 0.1) is 7.11 Å². The smallest absolute Gasteiger partial charge is 0.165 e. The van der Waals surface area contributed by atoms with Crippen LogP contribution in [0, 0.1) is 11.2 Å². The van der Waals surface area contributed by atoms with Crippen LogP contribution in [0.4, 0.5) is 4.39 Å². The summed E-state index contributed by atoms with van der Waals surface area (Å²) in [7, 11) is 3.57. The summed E-state index contributed by atoms with van der Waals surface area (Å²) in [6, 6.07) is 5.92. The van der Waals surface area contributed by atoms with Crippen LogP contribution in [0.25, 0.3) is 0 Å². The second-order valence-electron chi connectivity index (χ2n) is 6.96. The molecule has 0 heterocycles. The Kier molecular flexibility index (Phi) is 5.22. The largest absolute Gasteiger partial charge is 0.494 e. The molecule has 0 bridgehead atoms. The molecule has 1 aliphatic rings. The Labute approximate surface area is 127 Å². The molecule has 0 unspecified atom stereocenters. The first-order valence-corrected chi connectivity index (χ1v) is 7.64. The van der Waals surface area contributed by atoms with Crippen LogP contribution in [0.3, 0.4) is 0 Å². The lowest BCUT2D eigenvalue weighted by molar-refractivity contribution is 0.198. The van der Waals surface area contributed by atoms with Crippen molar-refractivity contribution in [3.8, 4) is 5.75 Å². The minimum atomic E-state index is -0.293. The van der Waals surface area contributed by atoms with Crippen molar-refractivity contribution >= 4 is 0 Å². The molecule has 1 aromatic carbocycles. The number of nitrogens with one attached hydrogen (secondary N) is 1. The van der Waals surface area contributed by atoms with Gasteiger partial charge in [0.15, 0.2) is 11.6 Å². The number of rotatable bonds is 8. The quantitative estimate of drug-likeness (QED) is 0.797. The number of halogens is 1. The van der Waals surface area contributed by atoms with Gasteiger partial charge in [0, 0.05) is 25.7 Å². The van der Waals surface area contributed by atoms with Crippen molar-refractivity contribution in [2.24, 2.45) is 5.41 Å². The fourth-order valence-corrected chi connectivity index (χ4v) is 2.67. The maximum atomic E-state index is 13.7. The molecule has 0 aromatic heterocycles. The number of benzene rings is 1. The summed E-state index contributed by atoms with van der Waals surface area (Å²) in [6.07, 6.45) is 2.63. The number of nitrogens with zero attached hydrogens (tertiary/aromatic N) is 1. The van der Waals surface area contributed by atoms with E-state index in [1.165, 1.54) is 20.0 Å². The van der Waals surface area contributed by atoms with Crippen molar-refractivity contribution in [2.75, 3.05) is 27.2 Å². The maximum Gasteiger partial charge on any atom is 0.165 e. The van der Waals surface area contributed by atoms with Gasteiger partial charge >= 0.3 is 0 Å². The van der Waals surface area contributed by atoms with Gasteiger partial charge in [-0.3, -0.25) is 0 Å². The Balaban J connectivity index is 1.84. The fourth-order valence-electron chi connectivity index (χ4n) is 2.67. The molecule has 0 radical (unpaired) electrons. The van der Waals surface area contributed by atoms with Gasteiger partial charge in [0.1, 0.15) is 0 Å². The highest BCUT2D eigenvalue weighted by Gasteiger charge is 2.26. The molecule has 0 saturated heterocycles. The van der Waals surface area contributed by atoms with Gasteiger partial charge in [-0.2, -0.15) is 0 Å². The zero-order chi connectivity index (χ0) is 15.5. The van der Waals surface area contributed by atoms with Crippen LogP contribution in [-0.4, -0.2) is 38.2 Å². The van der Waals surface area contributed by atoms with Crippen molar-refractivity contribution in [2.45, 2.75) is 39.3 Å². The summed E-state index contributed by atoms with van der Waals surface area (Å²) in [6.45, 7) is 7.29. The second kappa shape index (κ2) is 6.75. The molecule has 4 heteroatoms. The van der Waals surface area contributed by atoms with Crippen LogP contribution >= 0.6 is 0 Å². The van der Waals surface area contributed by atoms with Crippen LogP contribution < -0.4 is 10.1 Å². The van der Waals surface area contributed by atoms with E-state index in [2.05, 4.69) is 31.1 Å². The van der Waals surface area contributed by atoms with Gasteiger partial charge in [0.25, 0.3) is 0 Å². The van der Waals surface area contributed by atoms with Crippen molar-refractivity contribution in [1.82, 2.24) is 10.2 Å². The third-order valence-electron chi connectivity index (χ3n) is 3.81. The molecule has 0 aliphatic heterocycles. The predicted molar refractivity (Wildman–Crippen MR) is 84.1 cm³/mol. The van der Waals surface area contributed by atoms with Crippen LogP contribution in [0.5, 0.6) is 5.75 Å². The van der Waals surface area contributed by atoms with E-state index in [0.717, 1.165) is 31.2 Å². The Bertz CT molecular complexity index is 472. The average molecular weight is 294 g/mol. The molecule has 118 valence electrons. The van der Waals surface area contributed by atoms with Gasteiger partial charge in [-0.05, 0) is 43.0 Å². The molecule has 1 fully saturated rings. The third-order valence-corrected chi connectivity index (χ3v) is 3.81. The lowest BCUT2D eigenvalue weighted by Crippen LogP contribution is -2.39. The molecule has 1 aromatic rings. The Morgan fingerprint density at radius 1 is 1.38 bits per heavy atom. The van der Waals surface area contributed by atoms with Crippen molar-refractivity contribution in [1.29, 1.82) is 0 Å². The third kappa shape index (κ3) is 5.29. The predicted octanol–water partition coefficient (Wildman–Crippen LogP) is 3.04. The molecule has 0 amide bonds. The van der Waals surface area contributed by atoms with Crippen molar-refractivity contribution in [3.63, 3.8) is 0 Å². The lowest BCUT2D eigenvalue weighted by Gasteiger charge is -2.30. The van der Waals surface area contributed by atoms with Gasteiger partial charge in [-0.25, -0.2) is 4.39 Å². The van der Waals surface area contributed by atoms with Crippen LogP contribution in [0.15, 0.2) is 18.2 Å². The highest BCUT2D eigenvalue weighted by atomic mass is 19.1. The zero-order valence-electron chi connectivity index (χ0n) is 13.6. The molecule has 0 spiro atoms. The molecular formula is C17H27FN2O. The Morgan fingerprint density at radius 3 is 2.67 bits per heavy atom. The van der Waals surface area contributed by atoms with E-state index in [1.54, 1.807) is 12.1 Å². The lowest BCUT2D eigenvalue weighted by atomic mass is 9.92. The summed E-state index contributed by atoms with van der Waals surface area (Å²) in [4.78, 5) is 2.25. The number of ether oxygens (including phenoxy) is 1. The minimum Gasteiger partial charge on any atom is -0.494 e. The summed E-state index contributed by atoms with van der Waals surface area (Å²) < 4.78 is 18.7. The van der Waals surface area contributed by atoms with Gasteiger partial charge in [-0.1, -0.05) is 19.9 Å². The molecule has 3 nitrogen and oxygen atoms in total. The number of methoxy groups -OCH3 is 1. The van der Waals surface area contributed by atoms with Crippen molar-refractivity contribution < 1.29 is 9.13 Å². The van der Waals surface area contributed by atoms with Crippen molar-refractivity contribution in [3.05, 3.63) is 29.6 Å². The summed E-state index contributed by atoms with van der Waals surface area (Å²) >= 11 is 0. The van der Waals surface area contributed by atoms with Gasteiger partial charge in [0.2, 0.25) is 0 Å². The molecule has 1 aliphatic carbocycles. The topological polar surface area (TPSA) is 24.5 Å². The first-order valence-electron chi connectivity index (χ1n) is 7.64. The monoisotopic (exact) mass is 294 g/mol. The maximum absolute atomic E-state index is 13.7. The molecule has 0 atom stereocenters. The molecule has 2 rings (SSSR count). The van der Waals surface area contributed by atoms with Crippen LogP contribution in [0.1, 0.15) is 32.3 Å². The van der Waals surface area contributed by atoms with Crippen LogP contribution in [-0.2, 0) is 6.54 Å². The van der Waals surface area contributed by atoms with Gasteiger partial charge < -0.3 is 15.0 Å². The van der Waals surface area contributed by atoms with Crippen LogP contribution in [0.2, 0.25) is 0 Å². The second-order valence-corrected chi connectivity index (χ2v) is 6.96. The zero-order valence-corrected chi connectivity index (χ0v) is 13.6. The van der Waals surface area contributed by atoms with Gasteiger partial charge in [-0.15, -0.1) is 0 Å². The van der Waals surface area contributed by atoms with E-state index in [9.17, 15) is 4.39 Å². The molecular weight excluding hydrogens is 267 g/mol. The Hall–Kier alpha value is -1.13. The molecule has 21 heavy (non-hydrogen) atoms. The Morgan fingerprint density at radius 2 is 2.10 bits per heavy atom. The number of hydrogen-bond donors (Lipinski definition) is 1. The van der Waals surface area contributed by atoms with E-state index in [4.69, 9.17) is 4.74 Å². The number of hydrogen-bond acceptors (Lipinski definition) is 3. The van der Waals surface area contributed by atoms with E-state index in [1.807, 2.05) is 6.07 Å². The SMILES string of the molecule is COc1ccc(CN(C)CC(C)(C)CNC2CC2)cc1F. The standard InChI is InChI=1S/C17H27FN2O/c1-17(2,11-19-14-6-7-14)12-20(3)10-13-5-8-16(21-4)15(18)9-13/h5,8-9,14,19H,6-7,10-12H2,1-4H3. The summed E-state index contributed by atoms with van der Waals surface area (Å²) in [5.41, 5.74) is 1.18. The highest BCUT2D eigenvalue weighted by molar-refractivity contribution is 5.29. The van der Waals surface area contributed by atoms with E-state index < -0.39 is 0 Å². The van der Waals surface area contributed by atoms with E-state index >= 15 is 0 Å². The summed E-state index contributed by atoms with van der Waals surface area (Å²) in [5.74, 6) is 0.00780. The molecule has 1 N–H and O–H groups in total.